The Kier molecular flexibility index (Phi) is 5.78. The van der Waals surface area contributed by atoms with Gasteiger partial charge in [-0.25, -0.2) is 0 Å². The quantitative estimate of drug-likeness (QED) is 0.853. The molecule has 0 spiro atoms. The Bertz CT molecular complexity index is 744. The van der Waals surface area contributed by atoms with Crippen molar-refractivity contribution in [2.24, 2.45) is 5.92 Å². The molecule has 0 bridgehead atoms. The molecule has 1 saturated heterocycles. The van der Waals surface area contributed by atoms with Crippen LogP contribution in [0.15, 0.2) is 47.1 Å². The van der Waals surface area contributed by atoms with Crippen molar-refractivity contribution >= 4 is 11.6 Å². The third kappa shape index (κ3) is 4.53. The molecule has 1 fully saturated rings. The summed E-state index contributed by atoms with van der Waals surface area (Å²) in [5, 5.41) is 3.18. The van der Waals surface area contributed by atoms with Crippen molar-refractivity contribution < 1.29 is 9.21 Å². The smallest absolute Gasteiger partial charge is 0.224 e. The highest BCUT2D eigenvalue weighted by atomic mass is 16.3. The number of fused-ring (bicyclic) bond motifs is 1. The van der Waals surface area contributed by atoms with Crippen LogP contribution in [-0.4, -0.2) is 43.5 Å². The summed E-state index contributed by atoms with van der Waals surface area (Å²) in [5.41, 5.74) is 2.76. The molecule has 0 saturated carbocycles. The predicted molar refractivity (Wildman–Crippen MR) is 107 cm³/mol. The van der Waals surface area contributed by atoms with E-state index in [0.29, 0.717) is 6.54 Å². The maximum absolute atomic E-state index is 12.7. The number of nitrogens with one attached hydrogen (secondary N) is 1. The average molecular weight is 367 g/mol. The van der Waals surface area contributed by atoms with Gasteiger partial charge in [-0.3, -0.25) is 9.69 Å². The summed E-state index contributed by atoms with van der Waals surface area (Å²) in [6.45, 7) is 5.32. The van der Waals surface area contributed by atoms with Gasteiger partial charge in [0.25, 0.3) is 0 Å². The van der Waals surface area contributed by atoms with E-state index >= 15 is 0 Å². The molecule has 1 unspecified atom stereocenters. The molecule has 0 radical (unpaired) electrons. The first-order chi connectivity index (χ1) is 13.3. The maximum atomic E-state index is 12.7. The second-order valence-corrected chi connectivity index (χ2v) is 7.66. The topological polar surface area (TPSA) is 48.7 Å². The molecule has 144 valence electrons. The lowest BCUT2D eigenvalue weighted by atomic mass is 9.97. The number of hydrogen-bond donors (Lipinski definition) is 1. The van der Waals surface area contributed by atoms with Gasteiger partial charge in [0.15, 0.2) is 0 Å². The van der Waals surface area contributed by atoms with Gasteiger partial charge in [-0.05, 0) is 56.0 Å². The van der Waals surface area contributed by atoms with Crippen molar-refractivity contribution in [1.29, 1.82) is 0 Å². The van der Waals surface area contributed by atoms with Gasteiger partial charge in [0.1, 0.15) is 5.76 Å². The van der Waals surface area contributed by atoms with Crippen molar-refractivity contribution in [2.45, 2.75) is 32.2 Å². The second kappa shape index (κ2) is 8.61. The molecule has 1 aromatic carbocycles. The summed E-state index contributed by atoms with van der Waals surface area (Å²) < 4.78 is 5.44. The van der Waals surface area contributed by atoms with E-state index < -0.39 is 0 Å². The highest BCUT2D eigenvalue weighted by Gasteiger charge is 2.26. The fourth-order valence-electron chi connectivity index (χ4n) is 4.34. The van der Waals surface area contributed by atoms with Gasteiger partial charge >= 0.3 is 0 Å². The summed E-state index contributed by atoms with van der Waals surface area (Å²) in [7, 11) is 0. The molecule has 4 rings (SSSR count). The molecule has 2 aliphatic rings. The van der Waals surface area contributed by atoms with Gasteiger partial charge < -0.3 is 14.6 Å². The van der Waals surface area contributed by atoms with Gasteiger partial charge in [-0.1, -0.05) is 18.2 Å². The molecule has 27 heavy (non-hydrogen) atoms. The summed E-state index contributed by atoms with van der Waals surface area (Å²) in [5.74, 6) is 1.26. The van der Waals surface area contributed by atoms with Crippen LogP contribution in [0.4, 0.5) is 5.69 Å². The molecule has 2 aromatic rings. The molecule has 0 aliphatic carbocycles. The number of carbonyl (C=O) groups excluding carboxylic acids is 1. The Labute approximate surface area is 161 Å². The van der Waals surface area contributed by atoms with E-state index in [2.05, 4.69) is 39.4 Å². The first-order valence-electron chi connectivity index (χ1n) is 10.1. The lowest BCUT2D eigenvalue weighted by Gasteiger charge is -2.33. The minimum absolute atomic E-state index is 0.0855. The molecule has 1 aromatic heterocycles. The van der Waals surface area contributed by atoms with E-state index in [1.54, 1.807) is 6.26 Å². The van der Waals surface area contributed by atoms with E-state index in [0.717, 1.165) is 57.7 Å². The Morgan fingerprint density at radius 1 is 1.15 bits per heavy atom. The van der Waals surface area contributed by atoms with Crippen molar-refractivity contribution in [3.8, 4) is 0 Å². The second-order valence-electron chi connectivity index (χ2n) is 7.66. The fourth-order valence-corrected chi connectivity index (χ4v) is 4.34. The Morgan fingerprint density at radius 2 is 2.07 bits per heavy atom. The number of amides is 1. The molecule has 2 aliphatic heterocycles. The minimum atomic E-state index is 0.0855. The van der Waals surface area contributed by atoms with Crippen molar-refractivity contribution in [3.63, 3.8) is 0 Å². The van der Waals surface area contributed by atoms with Crippen LogP contribution >= 0.6 is 0 Å². The van der Waals surface area contributed by atoms with Crippen molar-refractivity contribution in [1.82, 2.24) is 10.2 Å². The first kappa shape index (κ1) is 18.1. The van der Waals surface area contributed by atoms with Crippen molar-refractivity contribution in [3.05, 3.63) is 54.0 Å². The van der Waals surface area contributed by atoms with Crippen LogP contribution in [0.5, 0.6) is 0 Å². The molecular formula is C22H29N3O2. The lowest BCUT2D eigenvalue weighted by Crippen LogP contribution is -2.44. The highest BCUT2D eigenvalue weighted by molar-refractivity contribution is 5.79. The molecule has 5 nitrogen and oxygen atoms in total. The largest absolute Gasteiger partial charge is 0.468 e. The monoisotopic (exact) mass is 367 g/mol. The number of likely N-dealkylation sites (tertiary alicyclic amines) is 1. The molecule has 1 amide bonds. The van der Waals surface area contributed by atoms with Gasteiger partial charge in [0.05, 0.1) is 18.7 Å². The summed E-state index contributed by atoms with van der Waals surface area (Å²) in [4.78, 5) is 17.4. The predicted octanol–water partition coefficient (Wildman–Crippen LogP) is 3.06. The number of hydrogen-bond acceptors (Lipinski definition) is 4. The minimum Gasteiger partial charge on any atom is -0.468 e. The zero-order chi connectivity index (χ0) is 18.5. The standard InChI is InChI=1S/C22H29N3O2/c26-22(19-8-3-12-24(16-19)17-20-9-5-15-27-20)23-11-14-25-13-4-7-18-6-1-2-10-21(18)25/h1-2,5-6,9-10,15,19H,3-4,7-8,11-14,16-17H2,(H,23,26). The molecule has 3 heterocycles. The van der Waals surface area contributed by atoms with E-state index in [9.17, 15) is 4.79 Å². The number of rotatable bonds is 6. The number of benzene rings is 1. The number of aryl methyl sites for hydroxylation is 1. The van der Waals surface area contributed by atoms with E-state index in [1.807, 2.05) is 12.1 Å². The van der Waals surface area contributed by atoms with Gasteiger partial charge in [-0.2, -0.15) is 0 Å². The van der Waals surface area contributed by atoms with Crippen LogP contribution in [0.25, 0.3) is 0 Å². The molecule has 1 atom stereocenters. The third-order valence-electron chi connectivity index (χ3n) is 5.72. The number of piperidine rings is 1. The molecular weight excluding hydrogens is 338 g/mol. The average Bonchev–Trinajstić information content (AvgIpc) is 3.21. The van der Waals surface area contributed by atoms with Gasteiger partial charge in [0.2, 0.25) is 5.91 Å². The van der Waals surface area contributed by atoms with Crippen LogP contribution in [0.3, 0.4) is 0 Å². The van der Waals surface area contributed by atoms with Crippen LogP contribution in [0.1, 0.15) is 30.6 Å². The fraction of sp³-hybridized carbons (Fsp3) is 0.500. The first-order valence-corrected chi connectivity index (χ1v) is 10.1. The van der Waals surface area contributed by atoms with E-state index in [4.69, 9.17) is 4.42 Å². The van der Waals surface area contributed by atoms with Crippen LogP contribution < -0.4 is 10.2 Å². The van der Waals surface area contributed by atoms with Crippen molar-refractivity contribution in [2.75, 3.05) is 37.6 Å². The van der Waals surface area contributed by atoms with E-state index in [1.165, 1.54) is 17.7 Å². The summed E-state index contributed by atoms with van der Waals surface area (Å²) >= 11 is 0. The lowest BCUT2D eigenvalue weighted by molar-refractivity contribution is -0.126. The number of anilines is 1. The van der Waals surface area contributed by atoms with Gasteiger partial charge in [0, 0.05) is 31.9 Å². The summed E-state index contributed by atoms with van der Waals surface area (Å²) in [6, 6.07) is 12.6. The van der Waals surface area contributed by atoms with Gasteiger partial charge in [-0.15, -0.1) is 0 Å². The zero-order valence-corrected chi connectivity index (χ0v) is 15.9. The maximum Gasteiger partial charge on any atom is 0.224 e. The normalized spacial score (nSPS) is 20.3. The number of furan rings is 1. The van der Waals surface area contributed by atoms with Crippen LogP contribution in [0, 0.1) is 5.92 Å². The molecule has 5 heteroatoms. The SMILES string of the molecule is O=C(NCCN1CCCc2ccccc21)C1CCCN(Cc2ccco2)C1. The van der Waals surface area contributed by atoms with Crippen LogP contribution in [0.2, 0.25) is 0 Å². The number of para-hydroxylation sites is 1. The zero-order valence-electron chi connectivity index (χ0n) is 15.9. The molecule has 1 N–H and O–H groups in total. The van der Waals surface area contributed by atoms with Crippen LogP contribution in [-0.2, 0) is 17.8 Å². The van der Waals surface area contributed by atoms with E-state index in [-0.39, 0.29) is 11.8 Å². The Morgan fingerprint density at radius 3 is 2.96 bits per heavy atom. The highest BCUT2D eigenvalue weighted by Crippen LogP contribution is 2.26. The summed E-state index contributed by atoms with van der Waals surface area (Å²) in [6.07, 6.45) is 6.11. The Balaban J connectivity index is 1.25. The third-order valence-corrected chi connectivity index (χ3v) is 5.72. The number of nitrogens with zero attached hydrogens (tertiary/aromatic N) is 2. The Hall–Kier alpha value is -2.27. The number of carbonyl (C=O) groups is 1.